The summed E-state index contributed by atoms with van der Waals surface area (Å²) in [7, 11) is 1.57. The van der Waals surface area contributed by atoms with E-state index in [1.54, 1.807) is 25.3 Å². The lowest BCUT2D eigenvalue weighted by Crippen LogP contribution is -2.27. The van der Waals surface area contributed by atoms with Crippen LogP contribution in [0.2, 0.25) is 0 Å². The van der Waals surface area contributed by atoms with Gasteiger partial charge in [-0.3, -0.25) is 14.5 Å². The smallest absolute Gasteiger partial charge is 0.293 e. The molecule has 2 rings (SSSR count). The Balaban J connectivity index is 2.29. The molecule has 0 N–H and O–H groups in total. The summed E-state index contributed by atoms with van der Waals surface area (Å²) in [5.41, 5.74) is 0.772. The normalized spacial score (nSPS) is 16.3. The molecule has 2 amide bonds. The average molecular weight is 319 g/mol. The molecule has 0 aromatic heterocycles. The Kier molecular flexibility index (Phi) is 5.27. The quantitative estimate of drug-likeness (QED) is 0.595. The molecule has 1 heterocycles. The molecule has 116 valence electrons. The molecule has 0 bridgehead atoms. The lowest BCUT2D eigenvalue weighted by molar-refractivity contribution is -0.122. The van der Waals surface area contributed by atoms with E-state index in [-0.39, 0.29) is 17.7 Å². The Hall–Kier alpha value is -2.21. The Labute approximate surface area is 133 Å². The number of carbonyl (C=O) groups is 2. The molecule has 22 heavy (non-hydrogen) atoms. The van der Waals surface area contributed by atoms with Gasteiger partial charge in [-0.25, -0.2) is 0 Å². The van der Waals surface area contributed by atoms with Crippen LogP contribution in [0.3, 0.4) is 0 Å². The number of amides is 2. The molecule has 0 saturated carbocycles. The van der Waals surface area contributed by atoms with E-state index in [0.717, 1.165) is 22.2 Å². The minimum absolute atomic E-state index is 0.217. The second kappa shape index (κ2) is 7.17. The van der Waals surface area contributed by atoms with Crippen molar-refractivity contribution < 1.29 is 19.1 Å². The molecule has 5 nitrogen and oxygen atoms in total. The molecule has 0 unspecified atom stereocenters. The minimum Gasteiger partial charge on any atom is -0.493 e. The summed E-state index contributed by atoms with van der Waals surface area (Å²) < 4.78 is 10.7. The first-order valence-corrected chi connectivity index (χ1v) is 7.59. The average Bonchev–Trinajstić information content (AvgIpc) is 2.76. The monoisotopic (exact) mass is 319 g/mol. The highest BCUT2D eigenvalue weighted by Gasteiger charge is 2.34. The minimum atomic E-state index is -0.302. The summed E-state index contributed by atoms with van der Waals surface area (Å²) in [6, 6.07) is 5.36. The molecule has 1 aliphatic heterocycles. The third-order valence-corrected chi connectivity index (χ3v) is 3.88. The highest BCUT2D eigenvalue weighted by atomic mass is 32.2. The summed E-state index contributed by atoms with van der Waals surface area (Å²) in [6.45, 7) is 6.16. The van der Waals surface area contributed by atoms with Crippen LogP contribution in [0.1, 0.15) is 12.5 Å². The number of benzene rings is 1. The van der Waals surface area contributed by atoms with Gasteiger partial charge < -0.3 is 9.47 Å². The number of rotatable bonds is 6. The zero-order valence-electron chi connectivity index (χ0n) is 12.5. The predicted molar refractivity (Wildman–Crippen MR) is 87.0 cm³/mol. The molecule has 0 radical (unpaired) electrons. The van der Waals surface area contributed by atoms with E-state index in [9.17, 15) is 9.59 Å². The van der Waals surface area contributed by atoms with Crippen molar-refractivity contribution in [3.63, 3.8) is 0 Å². The summed E-state index contributed by atoms with van der Waals surface area (Å²) in [6.07, 6.45) is 3.20. The molecule has 0 aliphatic carbocycles. The third-order valence-electron chi connectivity index (χ3n) is 2.97. The Morgan fingerprint density at radius 3 is 2.73 bits per heavy atom. The maximum absolute atomic E-state index is 12.2. The maximum Gasteiger partial charge on any atom is 0.293 e. The molecule has 1 saturated heterocycles. The number of ether oxygens (including phenoxy) is 2. The summed E-state index contributed by atoms with van der Waals surface area (Å²) >= 11 is 0.924. The van der Waals surface area contributed by atoms with Gasteiger partial charge in [0.05, 0.1) is 18.6 Å². The molecular formula is C16H17NO4S. The van der Waals surface area contributed by atoms with E-state index in [0.29, 0.717) is 23.0 Å². The molecule has 1 aliphatic rings. The Morgan fingerprint density at radius 2 is 2.09 bits per heavy atom. The largest absolute Gasteiger partial charge is 0.493 e. The Morgan fingerprint density at radius 1 is 1.32 bits per heavy atom. The van der Waals surface area contributed by atoms with Crippen molar-refractivity contribution in [2.24, 2.45) is 0 Å². The van der Waals surface area contributed by atoms with Gasteiger partial charge in [-0.15, -0.1) is 6.58 Å². The van der Waals surface area contributed by atoms with Crippen molar-refractivity contribution in [2.45, 2.75) is 6.92 Å². The maximum atomic E-state index is 12.2. The summed E-state index contributed by atoms with van der Waals surface area (Å²) in [5, 5.41) is -0.283. The number of imide groups is 1. The summed E-state index contributed by atoms with van der Waals surface area (Å²) in [5.74, 6) is 0.923. The van der Waals surface area contributed by atoms with Crippen LogP contribution >= 0.6 is 11.8 Å². The van der Waals surface area contributed by atoms with Crippen LogP contribution in [0.15, 0.2) is 35.8 Å². The van der Waals surface area contributed by atoms with Crippen molar-refractivity contribution in [1.29, 1.82) is 0 Å². The molecule has 0 spiro atoms. The van der Waals surface area contributed by atoms with Crippen molar-refractivity contribution >= 4 is 29.0 Å². The van der Waals surface area contributed by atoms with Gasteiger partial charge in [0, 0.05) is 6.54 Å². The van der Waals surface area contributed by atoms with E-state index in [1.807, 2.05) is 13.0 Å². The lowest BCUT2D eigenvalue weighted by Gasteiger charge is -2.10. The van der Waals surface area contributed by atoms with Gasteiger partial charge in [0.25, 0.3) is 11.1 Å². The summed E-state index contributed by atoms with van der Waals surface area (Å²) in [4.78, 5) is 25.5. The van der Waals surface area contributed by atoms with Gasteiger partial charge in [0.1, 0.15) is 0 Å². The molecule has 1 fully saturated rings. The highest BCUT2D eigenvalue weighted by Crippen LogP contribution is 2.34. The van der Waals surface area contributed by atoms with Crippen molar-refractivity contribution in [2.75, 3.05) is 20.3 Å². The van der Waals surface area contributed by atoms with Crippen LogP contribution in [0.25, 0.3) is 6.08 Å². The van der Waals surface area contributed by atoms with Crippen LogP contribution < -0.4 is 9.47 Å². The first-order chi connectivity index (χ1) is 10.6. The predicted octanol–water partition coefficient (Wildman–Crippen LogP) is 3.32. The first-order valence-electron chi connectivity index (χ1n) is 6.77. The molecule has 6 heteroatoms. The van der Waals surface area contributed by atoms with Crippen molar-refractivity contribution in [1.82, 2.24) is 4.90 Å². The topological polar surface area (TPSA) is 55.8 Å². The fourth-order valence-corrected chi connectivity index (χ4v) is 2.84. The fourth-order valence-electron chi connectivity index (χ4n) is 1.99. The highest BCUT2D eigenvalue weighted by molar-refractivity contribution is 8.18. The third kappa shape index (κ3) is 3.33. The fraction of sp³-hybridized carbons (Fsp3) is 0.250. The van der Waals surface area contributed by atoms with Crippen LogP contribution in [-0.2, 0) is 4.79 Å². The Bertz CT molecular complexity index is 639. The zero-order valence-corrected chi connectivity index (χ0v) is 13.3. The van der Waals surface area contributed by atoms with E-state index in [2.05, 4.69) is 6.58 Å². The van der Waals surface area contributed by atoms with Gasteiger partial charge in [-0.05, 0) is 42.5 Å². The van der Waals surface area contributed by atoms with Crippen molar-refractivity contribution in [3.8, 4) is 11.5 Å². The number of hydrogen-bond donors (Lipinski definition) is 0. The standard InChI is InChI=1S/C16H17NO4S/c1-4-8-17-15(18)14(22-16(17)19)10-11-6-7-12(20-3)13(9-11)21-5-2/h4,6-7,9-10H,1,5,8H2,2-3H3/b14-10-. The number of carbonyl (C=O) groups excluding carboxylic acids is 2. The van der Waals surface area contributed by atoms with E-state index in [4.69, 9.17) is 9.47 Å². The molecule has 0 atom stereocenters. The number of thioether (sulfide) groups is 1. The van der Waals surface area contributed by atoms with Crippen LogP contribution in [-0.4, -0.2) is 36.3 Å². The SMILES string of the molecule is C=CCN1C(=O)S/C(=C\c2ccc(OC)c(OCC)c2)C1=O. The first kappa shape index (κ1) is 16.2. The molecule has 1 aromatic rings. The molecule has 1 aromatic carbocycles. The van der Waals surface area contributed by atoms with E-state index < -0.39 is 0 Å². The van der Waals surface area contributed by atoms with E-state index >= 15 is 0 Å². The number of methoxy groups -OCH3 is 1. The van der Waals surface area contributed by atoms with Crippen molar-refractivity contribution in [3.05, 3.63) is 41.3 Å². The zero-order chi connectivity index (χ0) is 16.1. The van der Waals surface area contributed by atoms with Crippen LogP contribution in [0.5, 0.6) is 11.5 Å². The second-order valence-electron chi connectivity index (χ2n) is 4.42. The van der Waals surface area contributed by atoms with Gasteiger partial charge >= 0.3 is 0 Å². The van der Waals surface area contributed by atoms with Gasteiger partial charge in [0.2, 0.25) is 0 Å². The van der Waals surface area contributed by atoms with Gasteiger partial charge in [-0.2, -0.15) is 0 Å². The van der Waals surface area contributed by atoms with Gasteiger partial charge in [-0.1, -0.05) is 12.1 Å². The second-order valence-corrected chi connectivity index (χ2v) is 5.42. The number of hydrogen-bond acceptors (Lipinski definition) is 5. The van der Waals surface area contributed by atoms with Crippen LogP contribution in [0, 0.1) is 0 Å². The van der Waals surface area contributed by atoms with Gasteiger partial charge in [0.15, 0.2) is 11.5 Å². The van der Waals surface area contributed by atoms with Crippen LogP contribution in [0.4, 0.5) is 4.79 Å². The molecular weight excluding hydrogens is 302 g/mol. The van der Waals surface area contributed by atoms with E-state index in [1.165, 1.54) is 6.08 Å². The lowest BCUT2D eigenvalue weighted by atomic mass is 10.2. The number of nitrogens with zero attached hydrogens (tertiary/aromatic N) is 1.